The van der Waals surface area contributed by atoms with Gasteiger partial charge < -0.3 is 15.0 Å². The molecule has 0 aliphatic carbocycles. The predicted octanol–water partition coefficient (Wildman–Crippen LogP) is 3.74. The van der Waals surface area contributed by atoms with Crippen molar-refractivity contribution in [2.24, 2.45) is 0 Å². The number of amides is 2. The molecule has 1 heterocycles. The number of rotatable bonds is 8. The Morgan fingerprint density at radius 3 is 2.50 bits per heavy atom. The van der Waals surface area contributed by atoms with Gasteiger partial charge in [-0.15, -0.1) is 6.58 Å². The minimum Gasteiger partial charge on any atom is -0.494 e. The second-order valence-electron chi connectivity index (χ2n) is 6.60. The summed E-state index contributed by atoms with van der Waals surface area (Å²) in [6, 6.07) is 11.7. The topological polar surface area (TPSA) is 61.9 Å². The lowest BCUT2D eigenvalue weighted by Crippen LogP contribution is -2.37. The zero-order valence-electron chi connectivity index (χ0n) is 16.5. The average molecular weight is 428 g/mol. The first-order valence-electron chi connectivity index (χ1n) is 9.48. The summed E-state index contributed by atoms with van der Waals surface area (Å²) >= 11 is 5.46. The molecule has 3 rings (SSSR count). The Morgan fingerprint density at radius 1 is 1.23 bits per heavy atom. The van der Waals surface area contributed by atoms with Gasteiger partial charge in [0.15, 0.2) is 5.11 Å². The third-order valence-corrected chi connectivity index (χ3v) is 4.97. The molecule has 1 atom stereocenters. The molecule has 8 heteroatoms. The van der Waals surface area contributed by atoms with E-state index in [-0.39, 0.29) is 23.3 Å². The number of ether oxygens (including phenoxy) is 1. The summed E-state index contributed by atoms with van der Waals surface area (Å²) in [5.41, 5.74) is 1.05. The highest BCUT2D eigenvalue weighted by molar-refractivity contribution is 7.80. The standard InChI is InChI=1S/C22H22FN3O3S/c1-3-13-25-19(14-20(27)24-16-7-11-18(12-8-16)29-4-2)21(28)26(22(25)30)17-9-5-15(23)6-10-17/h3,5-12,19H,1,4,13-14H2,2H3,(H,24,27)/t19-/m1/s1. The average Bonchev–Trinajstić information content (AvgIpc) is 2.95. The maximum absolute atomic E-state index is 13.3. The van der Waals surface area contributed by atoms with Gasteiger partial charge in [0.05, 0.1) is 18.7 Å². The summed E-state index contributed by atoms with van der Waals surface area (Å²) in [7, 11) is 0. The quantitative estimate of drug-likeness (QED) is 0.514. The smallest absolute Gasteiger partial charge is 0.256 e. The Kier molecular flexibility index (Phi) is 6.79. The molecule has 1 aliphatic heterocycles. The number of thiocarbonyl (C=S) groups is 1. The van der Waals surface area contributed by atoms with E-state index in [2.05, 4.69) is 11.9 Å². The lowest BCUT2D eigenvalue weighted by atomic mass is 10.1. The van der Waals surface area contributed by atoms with Crippen molar-refractivity contribution in [2.75, 3.05) is 23.4 Å². The zero-order chi connectivity index (χ0) is 21.7. The summed E-state index contributed by atoms with van der Waals surface area (Å²) in [5.74, 6) is -0.366. The molecular weight excluding hydrogens is 405 g/mol. The van der Waals surface area contributed by atoms with E-state index in [0.717, 1.165) is 0 Å². The van der Waals surface area contributed by atoms with Gasteiger partial charge in [-0.1, -0.05) is 6.08 Å². The molecule has 0 unspecified atom stereocenters. The molecule has 0 bridgehead atoms. The van der Waals surface area contributed by atoms with Crippen LogP contribution < -0.4 is 15.0 Å². The third kappa shape index (κ3) is 4.65. The van der Waals surface area contributed by atoms with E-state index in [1.54, 1.807) is 35.2 Å². The molecule has 6 nitrogen and oxygen atoms in total. The SMILES string of the molecule is C=CCN1C(=S)N(c2ccc(F)cc2)C(=O)[C@H]1CC(=O)Nc1ccc(OCC)cc1. The summed E-state index contributed by atoms with van der Waals surface area (Å²) < 4.78 is 18.7. The van der Waals surface area contributed by atoms with Crippen LogP contribution in [0.4, 0.5) is 15.8 Å². The van der Waals surface area contributed by atoms with E-state index in [1.165, 1.54) is 29.2 Å². The molecule has 1 N–H and O–H groups in total. The number of nitrogens with zero attached hydrogens (tertiary/aromatic N) is 2. The molecular formula is C22H22FN3O3S. The molecule has 0 aromatic heterocycles. The first-order chi connectivity index (χ1) is 14.4. The minimum absolute atomic E-state index is 0.0856. The Labute approximate surface area is 179 Å². The molecule has 2 amide bonds. The van der Waals surface area contributed by atoms with Gasteiger partial charge in [0.1, 0.15) is 17.6 Å². The number of anilines is 2. The van der Waals surface area contributed by atoms with Crippen LogP contribution in [0.2, 0.25) is 0 Å². The van der Waals surface area contributed by atoms with Crippen molar-refractivity contribution in [3.63, 3.8) is 0 Å². The Hall–Kier alpha value is -3.26. The minimum atomic E-state index is -0.775. The van der Waals surface area contributed by atoms with E-state index >= 15 is 0 Å². The summed E-state index contributed by atoms with van der Waals surface area (Å²) in [6.07, 6.45) is 1.53. The van der Waals surface area contributed by atoms with Crippen molar-refractivity contribution >= 4 is 40.5 Å². The number of benzene rings is 2. The van der Waals surface area contributed by atoms with Gasteiger partial charge in [0.25, 0.3) is 5.91 Å². The summed E-state index contributed by atoms with van der Waals surface area (Å²) in [6.45, 7) is 6.46. The molecule has 0 radical (unpaired) electrons. The van der Waals surface area contributed by atoms with Gasteiger partial charge in [-0.2, -0.15) is 0 Å². The van der Waals surface area contributed by atoms with Crippen LogP contribution >= 0.6 is 12.2 Å². The van der Waals surface area contributed by atoms with E-state index < -0.39 is 11.9 Å². The summed E-state index contributed by atoms with van der Waals surface area (Å²) in [5, 5.41) is 3.04. The molecule has 0 saturated carbocycles. The molecule has 2 aromatic rings. The molecule has 0 spiro atoms. The van der Waals surface area contributed by atoms with Crippen LogP contribution in [0.3, 0.4) is 0 Å². The fourth-order valence-corrected chi connectivity index (χ4v) is 3.59. The normalized spacial score (nSPS) is 16.0. The maximum atomic E-state index is 13.3. The zero-order valence-corrected chi connectivity index (χ0v) is 17.3. The highest BCUT2D eigenvalue weighted by Gasteiger charge is 2.43. The van der Waals surface area contributed by atoms with Crippen molar-refractivity contribution in [1.29, 1.82) is 0 Å². The van der Waals surface area contributed by atoms with Crippen LogP contribution in [-0.4, -0.2) is 41.0 Å². The first-order valence-corrected chi connectivity index (χ1v) is 9.89. The highest BCUT2D eigenvalue weighted by Crippen LogP contribution is 2.27. The number of carbonyl (C=O) groups is 2. The van der Waals surface area contributed by atoms with Crippen LogP contribution in [0.5, 0.6) is 5.75 Å². The first kappa shape index (κ1) is 21.4. The van der Waals surface area contributed by atoms with Crippen molar-refractivity contribution < 1.29 is 18.7 Å². The summed E-state index contributed by atoms with van der Waals surface area (Å²) in [4.78, 5) is 28.6. The molecule has 1 fully saturated rings. The largest absolute Gasteiger partial charge is 0.494 e. The second kappa shape index (κ2) is 9.49. The van der Waals surface area contributed by atoms with Gasteiger partial charge in [-0.25, -0.2) is 4.39 Å². The van der Waals surface area contributed by atoms with Crippen LogP contribution in [0, 0.1) is 5.82 Å². The fraction of sp³-hybridized carbons (Fsp3) is 0.227. The van der Waals surface area contributed by atoms with Crippen molar-refractivity contribution in [2.45, 2.75) is 19.4 Å². The fourth-order valence-electron chi connectivity index (χ4n) is 3.20. The second-order valence-corrected chi connectivity index (χ2v) is 6.96. The highest BCUT2D eigenvalue weighted by atomic mass is 32.1. The third-order valence-electron chi connectivity index (χ3n) is 4.56. The monoisotopic (exact) mass is 427 g/mol. The van der Waals surface area contributed by atoms with Crippen LogP contribution in [0.1, 0.15) is 13.3 Å². The van der Waals surface area contributed by atoms with E-state index in [4.69, 9.17) is 17.0 Å². The Morgan fingerprint density at radius 2 is 1.90 bits per heavy atom. The molecule has 1 aliphatic rings. The molecule has 2 aromatic carbocycles. The number of hydrogen-bond acceptors (Lipinski definition) is 4. The van der Waals surface area contributed by atoms with E-state index in [0.29, 0.717) is 30.3 Å². The van der Waals surface area contributed by atoms with E-state index in [1.807, 2.05) is 6.92 Å². The number of nitrogens with one attached hydrogen (secondary N) is 1. The lowest BCUT2D eigenvalue weighted by molar-refractivity contribution is -0.124. The van der Waals surface area contributed by atoms with Crippen LogP contribution in [-0.2, 0) is 9.59 Å². The lowest BCUT2D eigenvalue weighted by Gasteiger charge is -2.22. The molecule has 30 heavy (non-hydrogen) atoms. The van der Waals surface area contributed by atoms with Gasteiger partial charge in [0, 0.05) is 12.2 Å². The van der Waals surface area contributed by atoms with Crippen molar-refractivity contribution in [1.82, 2.24) is 4.90 Å². The van der Waals surface area contributed by atoms with Crippen molar-refractivity contribution in [3.05, 3.63) is 67.0 Å². The van der Waals surface area contributed by atoms with Gasteiger partial charge in [-0.05, 0) is 67.7 Å². The van der Waals surface area contributed by atoms with Crippen molar-refractivity contribution in [3.8, 4) is 5.75 Å². The molecule has 1 saturated heterocycles. The van der Waals surface area contributed by atoms with Gasteiger partial charge in [-0.3, -0.25) is 14.5 Å². The van der Waals surface area contributed by atoms with E-state index in [9.17, 15) is 14.0 Å². The number of halogens is 1. The number of hydrogen-bond donors (Lipinski definition) is 1. The number of carbonyl (C=O) groups excluding carboxylic acids is 2. The Balaban J connectivity index is 1.74. The predicted molar refractivity (Wildman–Crippen MR) is 118 cm³/mol. The van der Waals surface area contributed by atoms with Gasteiger partial charge >= 0.3 is 0 Å². The van der Waals surface area contributed by atoms with Gasteiger partial charge in [0.2, 0.25) is 5.91 Å². The maximum Gasteiger partial charge on any atom is 0.256 e. The van der Waals surface area contributed by atoms with Crippen LogP contribution in [0.25, 0.3) is 0 Å². The van der Waals surface area contributed by atoms with Crippen LogP contribution in [0.15, 0.2) is 61.2 Å². The Bertz CT molecular complexity index is 947. The molecule has 156 valence electrons.